The summed E-state index contributed by atoms with van der Waals surface area (Å²) < 4.78 is 11.8. The molecule has 0 aliphatic heterocycles. The third-order valence-corrected chi connectivity index (χ3v) is 5.60. The van der Waals surface area contributed by atoms with E-state index in [0.717, 1.165) is 33.7 Å². The molecule has 31 heavy (non-hydrogen) atoms. The van der Waals surface area contributed by atoms with Gasteiger partial charge in [-0.15, -0.1) is 0 Å². The van der Waals surface area contributed by atoms with Crippen LogP contribution in [0.15, 0.2) is 83.3 Å². The van der Waals surface area contributed by atoms with Gasteiger partial charge in [0.2, 0.25) is 0 Å². The van der Waals surface area contributed by atoms with E-state index in [1.807, 2.05) is 73.7 Å². The highest BCUT2D eigenvalue weighted by Gasteiger charge is 2.20. The van der Waals surface area contributed by atoms with Crippen molar-refractivity contribution in [1.82, 2.24) is 0 Å². The molecular formula is C27H29NO3. The molecule has 4 nitrogen and oxygen atoms in total. The predicted molar refractivity (Wildman–Crippen MR) is 126 cm³/mol. The zero-order chi connectivity index (χ0) is 21.8. The second-order valence-electron chi connectivity index (χ2n) is 8.09. The van der Waals surface area contributed by atoms with E-state index in [4.69, 9.17) is 9.15 Å². The van der Waals surface area contributed by atoms with E-state index >= 15 is 0 Å². The highest BCUT2D eigenvalue weighted by Crippen LogP contribution is 2.32. The molecule has 1 unspecified atom stereocenters. The maximum atomic E-state index is 10.8. The molecule has 0 saturated carbocycles. The minimum absolute atomic E-state index is 0.296. The van der Waals surface area contributed by atoms with E-state index in [2.05, 4.69) is 30.9 Å². The van der Waals surface area contributed by atoms with Crippen LogP contribution >= 0.6 is 0 Å². The molecule has 160 valence electrons. The number of hydrogen-bond donors (Lipinski definition) is 1. The Morgan fingerprint density at radius 1 is 0.871 bits per heavy atom. The minimum atomic E-state index is -0.644. The number of benzene rings is 3. The Kier molecular flexibility index (Phi) is 6.28. The maximum Gasteiger partial charge on any atom is 0.136 e. The van der Waals surface area contributed by atoms with Crippen molar-refractivity contribution >= 4 is 16.7 Å². The first-order valence-electron chi connectivity index (χ1n) is 10.8. The van der Waals surface area contributed by atoms with Gasteiger partial charge >= 0.3 is 0 Å². The number of furan rings is 1. The maximum absolute atomic E-state index is 10.8. The molecule has 4 heteroatoms. The third kappa shape index (κ3) is 4.75. The van der Waals surface area contributed by atoms with Crippen molar-refractivity contribution in [3.8, 4) is 11.5 Å². The van der Waals surface area contributed by atoms with Crippen molar-refractivity contribution in [1.29, 1.82) is 0 Å². The van der Waals surface area contributed by atoms with Crippen LogP contribution in [0.5, 0.6) is 11.5 Å². The fourth-order valence-corrected chi connectivity index (χ4v) is 3.92. The van der Waals surface area contributed by atoms with Crippen LogP contribution in [0, 0.1) is 6.92 Å². The molecule has 4 rings (SSSR count). The average molecular weight is 416 g/mol. The van der Waals surface area contributed by atoms with Gasteiger partial charge in [-0.2, -0.15) is 0 Å². The van der Waals surface area contributed by atoms with Crippen LogP contribution in [0.4, 0.5) is 5.69 Å². The Hall–Kier alpha value is -3.24. The van der Waals surface area contributed by atoms with Crippen LogP contribution in [0.2, 0.25) is 0 Å². The molecule has 0 amide bonds. The number of aliphatic hydroxyl groups excluding tert-OH is 1. The topological polar surface area (TPSA) is 45.8 Å². The number of nitrogens with zero attached hydrogens (tertiary/aromatic N) is 1. The molecule has 0 aliphatic carbocycles. The molecule has 0 bridgehead atoms. The number of fused-ring (bicyclic) bond motifs is 1. The largest absolute Gasteiger partial charge is 0.458 e. The summed E-state index contributed by atoms with van der Waals surface area (Å²) in [5.74, 6) is 2.29. The van der Waals surface area contributed by atoms with Crippen LogP contribution < -0.4 is 9.64 Å². The van der Waals surface area contributed by atoms with Crippen molar-refractivity contribution in [3.05, 3.63) is 90.2 Å². The lowest BCUT2D eigenvalue weighted by atomic mass is 10.1. The van der Waals surface area contributed by atoms with Crippen molar-refractivity contribution in [3.63, 3.8) is 0 Å². The van der Waals surface area contributed by atoms with Crippen molar-refractivity contribution in [2.24, 2.45) is 0 Å². The molecule has 0 aliphatic rings. The lowest BCUT2D eigenvalue weighted by Crippen LogP contribution is -2.32. The molecule has 4 aromatic rings. The predicted octanol–water partition coefficient (Wildman–Crippen LogP) is 6.87. The summed E-state index contributed by atoms with van der Waals surface area (Å²) in [5, 5.41) is 11.9. The number of rotatable bonds is 8. The Balaban J connectivity index is 1.44. The van der Waals surface area contributed by atoms with Gasteiger partial charge in [0, 0.05) is 29.2 Å². The zero-order valence-electron chi connectivity index (χ0n) is 18.3. The first-order chi connectivity index (χ1) is 15.0. The quantitative estimate of drug-likeness (QED) is 0.341. The summed E-state index contributed by atoms with van der Waals surface area (Å²) in [4.78, 5) is 2.29. The van der Waals surface area contributed by atoms with E-state index < -0.39 is 6.10 Å². The third-order valence-electron chi connectivity index (χ3n) is 5.60. The SMILES string of the molecule is Cc1c(C(O)CCN(c2ccc(Oc3ccccc3)cc2)C(C)C)oc2ccccc12. The van der Waals surface area contributed by atoms with Gasteiger partial charge in [0.1, 0.15) is 28.9 Å². The number of aliphatic hydroxyl groups is 1. The Labute approximate surface area is 183 Å². The molecule has 0 radical (unpaired) electrons. The smallest absolute Gasteiger partial charge is 0.136 e. The Morgan fingerprint density at radius 3 is 2.19 bits per heavy atom. The van der Waals surface area contributed by atoms with Crippen molar-refractivity contribution < 1.29 is 14.3 Å². The summed E-state index contributed by atoms with van der Waals surface area (Å²) in [5.41, 5.74) is 2.94. The van der Waals surface area contributed by atoms with Gasteiger partial charge in [-0.05, 0) is 69.7 Å². The second-order valence-corrected chi connectivity index (χ2v) is 8.09. The second kappa shape index (κ2) is 9.27. The van der Waals surface area contributed by atoms with Crippen molar-refractivity contribution in [2.45, 2.75) is 39.3 Å². The Morgan fingerprint density at radius 2 is 1.52 bits per heavy atom. The summed E-state index contributed by atoms with van der Waals surface area (Å²) in [6.45, 7) is 7.05. The average Bonchev–Trinajstić information content (AvgIpc) is 3.12. The fraction of sp³-hybridized carbons (Fsp3) is 0.259. The zero-order valence-corrected chi connectivity index (χ0v) is 18.3. The number of anilines is 1. The summed E-state index contributed by atoms with van der Waals surface area (Å²) in [7, 11) is 0. The highest BCUT2D eigenvalue weighted by atomic mass is 16.5. The lowest BCUT2D eigenvalue weighted by molar-refractivity contribution is 0.143. The van der Waals surface area contributed by atoms with Gasteiger partial charge in [0.05, 0.1) is 0 Å². The molecule has 0 spiro atoms. The van der Waals surface area contributed by atoms with E-state index in [0.29, 0.717) is 24.8 Å². The van der Waals surface area contributed by atoms with Gasteiger partial charge in [-0.3, -0.25) is 0 Å². The normalized spacial score (nSPS) is 12.3. The van der Waals surface area contributed by atoms with E-state index in [-0.39, 0.29) is 0 Å². The molecule has 1 N–H and O–H groups in total. The molecule has 0 fully saturated rings. The number of ether oxygens (including phenoxy) is 1. The molecular weight excluding hydrogens is 386 g/mol. The standard InChI is InChI=1S/C27H29NO3/c1-19(2)28(21-13-15-23(16-14-21)30-22-9-5-4-6-10-22)18-17-25(29)27-20(3)24-11-7-8-12-26(24)31-27/h4-16,19,25,29H,17-18H2,1-3H3. The van der Waals surface area contributed by atoms with Crippen LogP contribution in [-0.4, -0.2) is 17.7 Å². The summed E-state index contributed by atoms with van der Waals surface area (Å²) >= 11 is 0. The molecule has 0 saturated heterocycles. The first kappa shape index (κ1) is 21.0. The van der Waals surface area contributed by atoms with E-state index in [9.17, 15) is 5.11 Å². The van der Waals surface area contributed by atoms with Crippen LogP contribution in [0.3, 0.4) is 0 Å². The van der Waals surface area contributed by atoms with Crippen LogP contribution in [-0.2, 0) is 0 Å². The fourth-order valence-electron chi connectivity index (χ4n) is 3.92. The van der Waals surface area contributed by atoms with Crippen LogP contribution in [0.1, 0.15) is 37.7 Å². The Bertz CT molecular complexity index is 1120. The molecule has 3 aromatic carbocycles. The summed E-state index contributed by atoms with van der Waals surface area (Å²) in [6.07, 6.45) is -0.0597. The van der Waals surface area contributed by atoms with Crippen molar-refractivity contribution in [2.75, 3.05) is 11.4 Å². The van der Waals surface area contributed by atoms with Gasteiger partial charge < -0.3 is 19.2 Å². The van der Waals surface area contributed by atoms with Crippen LogP contribution in [0.25, 0.3) is 11.0 Å². The number of aryl methyl sites for hydroxylation is 1. The van der Waals surface area contributed by atoms with E-state index in [1.165, 1.54) is 0 Å². The molecule has 1 aromatic heterocycles. The van der Waals surface area contributed by atoms with E-state index in [1.54, 1.807) is 0 Å². The minimum Gasteiger partial charge on any atom is -0.458 e. The van der Waals surface area contributed by atoms with Gasteiger partial charge in [0.25, 0.3) is 0 Å². The number of hydrogen-bond acceptors (Lipinski definition) is 4. The van der Waals surface area contributed by atoms with Gasteiger partial charge in [-0.25, -0.2) is 0 Å². The lowest BCUT2D eigenvalue weighted by Gasteiger charge is -2.30. The monoisotopic (exact) mass is 415 g/mol. The highest BCUT2D eigenvalue weighted by molar-refractivity contribution is 5.82. The van der Waals surface area contributed by atoms with Gasteiger partial charge in [0.15, 0.2) is 0 Å². The molecule has 1 atom stereocenters. The van der Waals surface area contributed by atoms with Gasteiger partial charge in [-0.1, -0.05) is 36.4 Å². The number of para-hydroxylation sites is 2. The summed E-state index contributed by atoms with van der Waals surface area (Å²) in [6, 6.07) is 26.1. The first-order valence-corrected chi connectivity index (χ1v) is 10.8. The molecule has 1 heterocycles.